The van der Waals surface area contributed by atoms with E-state index < -0.39 is 24.0 Å². The van der Waals surface area contributed by atoms with Gasteiger partial charge >= 0.3 is 5.97 Å². The van der Waals surface area contributed by atoms with Gasteiger partial charge in [0.1, 0.15) is 12.1 Å². The number of amides is 2. The van der Waals surface area contributed by atoms with Gasteiger partial charge < -0.3 is 15.7 Å². The quantitative estimate of drug-likeness (QED) is 0.148. The second kappa shape index (κ2) is 13.8. The van der Waals surface area contributed by atoms with Gasteiger partial charge in [-0.3, -0.25) is 14.4 Å². The molecule has 5 aromatic rings. The molecule has 5 rings (SSSR count). The Morgan fingerprint density at radius 3 is 1.98 bits per heavy atom. The Labute approximate surface area is 276 Å². The summed E-state index contributed by atoms with van der Waals surface area (Å²) in [5, 5.41) is 14.6. The van der Waals surface area contributed by atoms with Crippen LogP contribution in [0, 0.1) is 6.92 Å². The van der Waals surface area contributed by atoms with Gasteiger partial charge in [0, 0.05) is 44.6 Å². The van der Waals surface area contributed by atoms with Gasteiger partial charge in [-0.1, -0.05) is 74.9 Å². The zero-order valence-electron chi connectivity index (χ0n) is 26.3. The summed E-state index contributed by atoms with van der Waals surface area (Å²) in [7, 11) is 0. The number of aromatic nitrogens is 2. The highest BCUT2D eigenvalue weighted by Gasteiger charge is 2.26. The number of nitrogens with zero attached hydrogens (tertiary/aromatic N) is 2. The highest BCUT2D eigenvalue weighted by molar-refractivity contribution is 7.18. The Balaban J connectivity index is 1.29. The predicted octanol–water partition coefficient (Wildman–Crippen LogP) is 7.14. The third kappa shape index (κ3) is 7.94. The van der Waals surface area contributed by atoms with E-state index in [1.807, 2.05) is 42.7 Å². The molecule has 0 aliphatic heterocycles. The van der Waals surface area contributed by atoms with Crippen LogP contribution in [0.3, 0.4) is 0 Å². The molecule has 2 atom stereocenters. The first-order valence-electron chi connectivity index (χ1n) is 14.9. The fraction of sp³-hybridized carbons (Fsp3) is 0.250. The summed E-state index contributed by atoms with van der Waals surface area (Å²) in [5.74, 6) is -1.55. The summed E-state index contributed by atoms with van der Waals surface area (Å²) in [5.41, 5.74) is 4.81. The maximum Gasteiger partial charge on any atom is 0.325 e. The lowest BCUT2D eigenvalue weighted by atomic mass is 9.95. The standard InChI is InChI=1S/C36H36N4O4S2/c1-21-6-10-24(11-7-21)28-14-15-29(45-28)26-19-37-32(38-20-26)25-12-8-23(9-13-25)18-27(33(41)39-22(2)35(43)44)40-34(42)30-16-17-31(46-30)36(3,4)5/h6-17,19-20,22,27H,18H2,1-5H3,(H,39,41)(H,40,42)(H,43,44)/t22-,27+/m1/s1. The second-order valence-electron chi connectivity index (χ2n) is 12.2. The molecule has 0 unspecified atom stereocenters. The first-order valence-corrected chi connectivity index (χ1v) is 16.5. The molecule has 2 aromatic carbocycles. The zero-order valence-corrected chi connectivity index (χ0v) is 28.0. The van der Waals surface area contributed by atoms with Crippen molar-refractivity contribution in [3.63, 3.8) is 0 Å². The van der Waals surface area contributed by atoms with Gasteiger partial charge in [0.15, 0.2) is 5.82 Å². The van der Waals surface area contributed by atoms with E-state index in [2.05, 4.69) is 84.7 Å². The van der Waals surface area contributed by atoms with Crippen LogP contribution in [0.15, 0.2) is 85.2 Å². The van der Waals surface area contributed by atoms with Crippen LogP contribution in [-0.2, 0) is 21.4 Å². The molecule has 0 bridgehead atoms. The van der Waals surface area contributed by atoms with Crippen LogP contribution in [0.4, 0.5) is 0 Å². The van der Waals surface area contributed by atoms with Crippen LogP contribution in [0.1, 0.15) is 53.4 Å². The topological polar surface area (TPSA) is 121 Å². The second-order valence-corrected chi connectivity index (χ2v) is 14.4. The molecule has 0 spiro atoms. The number of aliphatic carboxylic acids is 1. The number of carboxylic acids is 1. The van der Waals surface area contributed by atoms with E-state index in [-0.39, 0.29) is 17.7 Å². The number of nitrogens with one attached hydrogen (secondary N) is 2. The van der Waals surface area contributed by atoms with Gasteiger partial charge in [0.05, 0.1) is 4.88 Å². The fourth-order valence-electron chi connectivity index (χ4n) is 4.67. The van der Waals surface area contributed by atoms with Crippen molar-refractivity contribution in [2.24, 2.45) is 0 Å². The number of thiophene rings is 2. The van der Waals surface area contributed by atoms with Crippen molar-refractivity contribution in [1.29, 1.82) is 0 Å². The maximum atomic E-state index is 13.2. The van der Waals surface area contributed by atoms with Crippen LogP contribution >= 0.6 is 22.7 Å². The van der Waals surface area contributed by atoms with Crippen LogP contribution < -0.4 is 10.6 Å². The predicted molar refractivity (Wildman–Crippen MR) is 184 cm³/mol. The summed E-state index contributed by atoms with van der Waals surface area (Å²) < 4.78 is 0. The van der Waals surface area contributed by atoms with E-state index in [1.54, 1.807) is 17.4 Å². The lowest BCUT2D eigenvalue weighted by Gasteiger charge is -2.20. The van der Waals surface area contributed by atoms with Crippen LogP contribution in [0.5, 0.6) is 0 Å². The first kappa shape index (κ1) is 32.7. The van der Waals surface area contributed by atoms with Crippen molar-refractivity contribution in [2.75, 3.05) is 0 Å². The third-order valence-electron chi connectivity index (χ3n) is 7.45. The summed E-state index contributed by atoms with van der Waals surface area (Å²) in [6.07, 6.45) is 3.80. The van der Waals surface area contributed by atoms with Crippen LogP contribution in [0.25, 0.3) is 32.3 Å². The molecule has 0 saturated heterocycles. The van der Waals surface area contributed by atoms with Crippen molar-refractivity contribution in [3.8, 4) is 32.3 Å². The van der Waals surface area contributed by atoms with E-state index in [0.717, 1.165) is 26.4 Å². The lowest BCUT2D eigenvalue weighted by Crippen LogP contribution is -2.51. The molecule has 8 nitrogen and oxygen atoms in total. The largest absolute Gasteiger partial charge is 0.480 e. The molecular formula is C36H36N4O4S2. The van der Waals surface area contributed by atoms with Crippen molar-refractivity contribution >= 4 is 40.5 Å². The number of carboxylic acid groups (broad SMARTS) is 1. The van der Waals surface area contributed by atoms with Gasteiger partial charge in [-0.05, 0) is 54.7 Å². The number of carbonyl (C=O) groups is 3. The molecule has 3 heterocycles. The molecule has 0 aliphatic carbocycles. The van der Waals surface area contributed by atoms with Gasteiger partial charge in [-0.2, -0.15) is 0 Å². The molecule has 0 saturated carbocycles. The Kier molecular flexibility index (Phi) is 9.79. The summed E-state index contributed by atoms with van der Waals surface area (Å²) >= 11 is 3.07. The number of aryl methyl sites for hydroxylation is 1. The Morgan fingerprint density at radius 2 is 1.39 bits per heavy atom. The highest BCUT2D eigenvalue weighted by Crippen LogP contribution is 2.34. The average Bonchev–Trinajstić information content (AvgIpc) is 3.73. The van der Waals surface area contributed by atoms with Crippen LogP contribution in [0.2, 0.25) is 0 Å². The lowest BCUT2D eigenvalue weighted by molar-refractivity contribution is -0.141. The van der Waals surface area contributed by atoms with Gasteiger partial charge in [0.2, 0.25) is 5.91 Å². The SMILES string of the molecule is Cc1ccc(-c2ccc(-c3cnc(-c4ccc(C[C@H](NC(=O)c5ccc(C(C)(C)C)s5)C(=O)N[C@H](C)C(=O)O)cc4)nc3)s2)cc1. The Morgan fingerprint density at radius 1 is 0.783 bits per heavy atom. The average molecular weight is 653 g/mol. The highest BCUT2D eigenvalue weighted by atomic mass is 32.1. The first-order chi connectivity index (χ1) is 21.9. The van der Waals surface area contributed by atoms with Gasteiger partial charge in [-0.25, -0.2) is 9.97 Å². The Bertz CT molecular complexity index is 1840. The van der Waals surface area contributed by atoms with Gasteiger partial charge in [-0.15, -0.1) is 22.7 Å². The third-order valence-corrected chi connectivity index (χ3v) is 10.1. The van der Waals surface area contributed by atoms with Crippen molar-refractivity contribution in [2.45, 2.75) is 58.5 Å². The molecule has 3 aromatic heterocycles. The number of benzene rings is 2. The Hall–Kier alpha value is -4.67. The van der Waals surface area contributed by atoms with Crippen LogP contribution in [-0.4, -0.2) is 44.9 Å². The van der Waals surface area contributed by atoms with E-state index in [4.69, 9.17) is 0 Å². The number of hydrogen-bond acceptors (Lipinski definition) is 7. The monoisotopic (exact) mass is 652 g/mol. The molecule has 0 fully saturated rings. The molecule has 46 heavy (non-hydrogen) atoms. The van der Waals surface area contributed by atoms with Crippen molar-refractivity contribution < 1.29 is 19.5 Å². The maximum absolute atomic E-state index is 13.2. The minimum atomic E-state index is -1.16. The molecule has 10 heteroatoms. The van der Waals surface area contributed by atoms with E-state index >= 15 is 0 Å². The van der Waals surface area contributed by atoms with Gasteiger partial charge in [0.25, 0.3) is 5.91 Å². The molecule has 0 aliphatic rings. The smallest absolute Gasteiger partial charge is 0.325 e. The normalized spacial score (nSPS) is 12.7. The van der Waals surface area contributed by atoms with E-state index in [1.165, 1.54) is 34.3 Å². The summed E-state index contributed by atoms with van der Waals surface area (Å²) in [4.78, 5) is 50.7. The molecule has 0 radical (unpaired) electrons. The van der Waals surface area contributed by atoms with E-state index in [0.29, 0.717) is 10.7 Å². The number of carbonyl (C=O) groups excluding carboxylic acids is 2. The number of hydrogen-bond donors (Lipinski definition) is 3. The number of rotatable bonds is 10. The summed E-state index contributed by atoms with van der Waals surface area (Å²) in [6, 6.07) is 21.7. The molecule has 2 amide bonds. The van der Waals surface area contributed by atoms with Crippen molar-refractivity contribution in [3.05, 3.63) is 106 Å². The molecule has 236 valence electrons. The minimum Gasteiger partial charge on any atom is -0.480 e. The zero-order chi connectivity index (χ0) is 33.0. The minimum absolute atomic E-state index is 0.113. The van der Waals surface area contributed by atoms with Crippen molar-refractivity contribution in [1.82, 2.24) is 20.6 Å². The molecular weight excluding hydrogens is 617 g/mol. The molecule has 3 N–H and O–H groups in total. The van der Waals surface area contributed by atoms with E-state index in [9.17, 15) is 19.5 Å². The summed E-state index contributed by atoms with van der Waals surface area (Å²) in [6.45, 7) is 9.66. The fourth-order valence-corrected chi connectivity index (χ4v) is 6.63.